The van der Waals surface area contributed by atoms with E-state index in [0.29, 0.717) is 35.4 Å². The highest BCUT2D eigenvalue weighted by molar-refractivity contribution is 9.10. The van der Waals surface area contributed by atoms with Gasteiger partial charge in [-0.25, -0.2) is 8.42 Å². The summed E-state index contributed by atoms with van der Waals surface area (Å²) in [4.78, 5) is 12.6. The standard InChI is InChI=1S/C20H21BrN4O5S/c1-12-9-13(2)11-25(10-12)31(27,28)15-5-3-14(4-6-15)18(26)22-20-24-23-19(30-20)16-7-8-17(21)29-16/h3-8,12-13H,9-11H2,1-2H3,(H,22,24,26). The number of sulfonamides is 1. The van der Waals surface area contributed by atoms with Crippen LogP contribution in [0, 0.1) is 11.8 Å². The molecule has 31 heavy (non-hydrogen) atoms. The van der Waals surface area contributed by atoms with Gasteiger partial charge < -0.3 is 8.83 Å². The van der Waals surface area contributed by atoms with Gasteiger partial charge in [0.15, 0.2) is 10.4 Å². The maximum absolute atomic E-state index is 13.0. The molecule has 1 aromatic carbocycles. The van der Waals surface area contributed by atoms with Crippen LogP contribution >= 0.6 is 15.9 Å². The number of nitrogens with zero attached hydrogens (tertiary/aromatic N) is 3. The third-order valence-electron chi connectivity index (χ3n) is 5.02. The summed E-state index contributed by atoms with van der Waals surface area (Å²) in [5, 5.41) is 10.1. The van der Waals surface area contributed by atoms with Crippen LogP contribution < -0.4 is 5.32 Å². The molecule has 2 unspecified atom stereocenters. The average molecular weight is 509 g/mol. The van der Waals surface area contributed by atoms with Crippen molar-refractivity contribution in [3.63, 3.8) is 0 Å². The van der Waals surface area contributed by atoms with E-state index in [1.807, 2.05) is 0 Å². The van der Waals surface area contributed by atoms with E-state index in [-0.39, 0.29) is 22.4 Å². The molecule has 3 aromatic rings. The lowest BCUT2D eigenvalue weighted by Crippen LogP contribution is -2.42. The molecular weight excluding hydrogens is 488 g/mol. The zero-order valence-corrected chi connectivity index (χ0v) is 19.3. The van der Waals surface area contributed by atoms with Gasteiger partial charge in [-0.05, 0) is 70.6 Å². The zero-order valence-electron chi connectivity index (χ0n) is 16.9. The number of rotatable bonds is 5. The monoisotopic (exact) mass is 508 g/mol. The summed E-state index contributed by atoms with van der Waals surface area (Å²) in [5.74, 6) is 0.596. The lowest BCUT2D eigenvalue weighted by Gasteiger charge is -2.34. The molecule has 9 nitrogen and oxygen atoms in total. The summed E-state index contributed by atoms with van der Waals surface area (Å²) >= 11 is 3.19. The minimum atomic E-state index is -3.61. The number of piperidine rings is 1. The summed E-state index contributed by atoms with van der Waals surface area (Å²) in [6, 6.07) is 9.02. The third kappa shape index (κ3) is 4.73. The topological polar surface area (TPSA) is 119 Å². The van der Waals surface area contributed by atoms with Crippen molar-refractivity contribution in [2.45, 2.75) is 25.2 Å². The molecule has 1 N–H and O–H groups in total. The number of hydrogen-bond donors (Lipinski definition) is 1. The van der Waals surface area contributed by atoms with Crippen molar-refractivity contribution < 1.29 is 22.0 Å². The minimum absolute atomic E-state index is 0.0967. The van der Waals surface area contributed by atoms with Crippen molar-refractivity contribution >= 4 is 37.9 Å². The molecular formula is C20H21BrN4O5S. The largest absolute Gasteiger partial charge is 0.444 e. The number of amides is 1. The normalized spacial score (nSPS) is 20.0. The maximum atomic E-state index is 13.0. The van der Waals surface area contributed by atoms with Crippen LogP contribution in [0.3, 0.4) is 0 Å². The smallest absolute Gasteiger partial charge is 0.322 e. The molecule has 4 rings (SSSR count). The van der Waals surface area contributed by atoms with Gasteiger partial charge in [0.1, 0.15) is 0 Å². The van der Waals surface area contributed by atoms with Gasteiger partial charge in [0, 0.05) is 18.7 Å². The van der Waals surface area contributed by atoms with E-state index in [2.05, 4.69) is 45.3 Å². The predicted octanol–water partition coefficient (Wildman–Crippen LogP) is 4.01. The summed E-state index contributed by atoms with van der Waals surface area (Å²) in [6.07, 6.45) is 1.01. The Balaban J connectivity index is 1.45. The Kier molecular flexibility index (Phi) is 6.00. The highest BCUT2D eigenvalue weighted by atomic mass is 79.9. The zero-order chi connectivity index (χ0) is 22.2. The molecule has 11 heteroatoms. The predicted molar refractivity (Wildman–Crippen MR) is 116 cm³/mol. The fourth-order valence-electron chi connectivity index (χ4n) is 3.70. The maximum Gasteiger partial charge on any atom is 0.322 e. The van der Waals surface area contributed by atoms with E-state index < -0.39 is 15.9 Å². The van der Waals surface area contributed by atoms with E-state index in [9.17, 15) is 13.2 Å². The fraction of sp³-hybridized carbons (Fsp3) is 0.350. The van der Waals surface area contributed by atoms with E-state index in [1.54, 1.807) is 12.1 Å². The van der Waals surface area contributed by atoms with Crippen LogP contribution in [-0.2, 0) is 10.0 Å². The number of nitrogens with one attached hydrogen (secondary N) is 1. The molecule has 3 heterocycles. The third-order valence-corrected chi connectivity index (χ3v) is 7.29. The second-order valence-electron chi connectivity index (χ2n) is 7.76. The number of benzene rings is 1. The number of hydrogen-bond acceptors (Lipinski definition) is 7. The van der Waals surface area contributed by atoms with Gasteiger partial charge in [-0.3, -0.25) is 10.1 Å². The molecule has 1 saturated heterocycles. The summed E-state index contributed by atoms with van der Waals surface area (Å²) in [6.45, 7) is 5.11. The molecule has 1 amide bonds. The summed E-state index contributed by atoms with van der Waals surface area (Å²) in [5.41, 5.74) is 0.264. The first-order valence-electron chi connectivity index (χ1n) is 9.73. The van der Waals surface area contributed by atoms with Gasteiger partial charge in [-0.1, -0.05) is 18.9 Å². The highest BCUT2D eigenvalue weighted by Gasteiger charge is 2.31. The molecule has 0 radical (unpaired) electrons. The highest BCUT2D eigenvalue weighted by Crippen LogP contribution is 2.27. The van der Waals surface area contributed by atoms with Crippen molar-refractivity contribution in [1.82, 2.24) is 14.5 Å². The Morgan fingerprint density at radius 1 is 1.06 bits per heavy atom. The minimum Gasteiger partial charge on any atom is -0.444 e. The molecule has 1 fully saturated rings. The van der Waals surface area contributed by atoms with Gasteiger partial charge in [0.2, 0.25) is 10.0 Å². The number of furan rings is 1. The molecule has 0 bridgehead atoms. The summed E-state index contributed by atoms with van der Waals surface area (Å²) in [7, 11) is -3.61. The number of aromatic nitrogens is 2. The van der Waals surface area contributed by atoms with E-state index in [4.69, 9.17) is 8.83 Å². The van der Waals surface area contributed by atoms with Crippen LogP contribution in [0.2, 0.25) is 0 Å². The molecule has 0 aliphatic carbocycles. The fourth-order valence-corrected chi connectivity index (χ4v) is 5.69. The van der Waals surface area contributed by atoms with Gasteiger partial charge in [0.25, 0.3) is 11.8 Å². The van der Waals surface area contributed by atoms with Crippen molar-refractivity contribution in [2.75, 3.05) is 18.4 Å². The lowest BCUT2D eigenvalue weighted by atomic mass is 9.94. The molecule has 0 saturated carbocycles. The first kappa shape index (κ1) is 21.7. The molecule has 2 aromatic heterocycles. The van der Waals surface area contributed by atoms with Gasteiger partial charge in [0.05, 0.1) is 4.90 Å². The Hall–Kier alpha value is -2.50. The Morgan fingerprint density at radius 2 is 1.74 bits per heavy atom. The molecule has 164 valence electrons. The number of carbonyl (C=O) groups excluding carboxylic acids is 1. The van der Waals surface area contributed by atoms with E-state index >= 15 is 0 Å². The van der Waals surface area contributed by atoms with Crippen LogP contribution in [0.5, 0.6) is 0 Å². The second kappa shape index (κ2) is 8.56. The molecule has 0 spiro atoms. The van der Waals surface area contributed by atoms with Crippen LogP contribution in [0.15, 0.2) is 54.8 Å². The van der Waals surface area contributed by atoms with Crippen molar-refractivity contribution in [1.29, 1.82) is 0 Å². The Bertz CT molecular complexity index is 1180. The van der Waals surface area contributed by atoms with Crippen LogP contribution in [0.4, 0.5) is 6.01 Å². The molecule has 1 aliphatic heterocycles. The Morgan fingerprint density at radius 3 is 2.35 bits per heavy atom. The first-order chi connectivity index (χ1) is 14.7. The van der Waals surface area contributed by atoms with Crippen molar-refractivity contribution in [3.05, 3.63) is 46.6 Å². The van der Waals surface area contributed by atoms with Crippen LogP contribution in [0.1, 0.15) is 30.6 Å². The lowest BCUT2D eigenvalue weighted by molar-refractivity contribution is 0.102. The van der Waals surface area contributed by atoms with Gasteiger partial charge in [-0.15, -0.1) is 5.10 Å². The average Bonchev–Trinajstić information content (AvgIpc) is 3.36. The SMILES string of the molecule is CC1CC(C)CN(S(=O)(=O)c2ccc(C(=O)Nc3nnc(-c4ccc(Br)o4)o3)cc2)C1. The number of anilines is 1. The first-order valence-corrected chi connectivity index (χ1v) is 12.0. The van der Waals surface area contributed by atoms with E-state index in [1.165, 1.54) is 28.6 Å². The quantitative estimate of drug-likeness (QED) is 0.552. The van der Waals surface area contributed by atoms with Gasteiger partial charge in [-0.2, -0.15) is 4.31 Å². The molecule has 1 aliphatic rings. The summed E-state index contributed by atoms with van der Waals surface area (Å²) < 4.78 is 38.7. The Labute approximate surface area is 188 Å². The molecule has 2 atom stereocenters. The van der Waals surface area contributed by atoms with Crippen molar-refractivity contribution in [3.8, 4) is 11.7 Å². The second-order valence-corrected chi connectivity index (χ2v) is 10.5. The van der Waals surface area contributed by atoms with Crippen molar-refractivity contribution in [2.24, 2.45) is 11.8 Å². The number of carbonyl (C=O) groups is 1. The van der Waals surface area contributed by atoms with Gasteiger partial charge >= 0.3 is 6.01 Å². The van der Waals surface area contributed by atoms with Crippen LogP contribution in [-0.4, -0.2) is 41.9 Å². The van der Waals surface area contributed by atoms with E-state index in [0.717, 1.165) is 6.42 Å². The number of halogens is 1. The van der Waals surface area contributed by atoms with Crippen LogP contribution in [0.25, 0.3) is 11.7 Å².